The van der Waals surface area contributed by atoms with Crippen LogP contribution < -0.4 is 0 Å². The summed E-state index contributed by atoms with van der Waals surface area (Å²) in [6.07, 6.45) is 1.65. The van der Waals surface area contributed by atoms with Crippen molar-refractivity contribution in [2.75, 3.05) is 0 Å². The third-order valence-electron chi connectivity index (χ3n) is 12.0. The second-order valence-electron chi connectivity index (χ2n) is 18.6. The maximum absolute atomic E-state index is 11.6. The number of nitrogens with zero attached hydrogens (tertiary/aromatic N) is 3. The van der Waals surface area contributed by atoms with Crippen molar-refractivity contribution in [1.29, 1.82) is 0 Å². The van der Waals surface area contributed by atoms with E-state index >= 15 is 0 Å². The molecule has 9 aromatic rings. The van der Waals surface area contributed by atoms with Gasteiger partial charge in [-0.15, -0.1) is 23.8 Å². The van der Waals surface area contributed by atoms with Gasteiger partial charge in [0.1, 0.15) is 11.6 Å². The van der Waals surface area contributed by atoms with E-state index in [0.29, 0.717) is 39.3 Å². The number of benzene rings is 7. The molecule has 1 N–H and O–H groups in total. The first-order valence-electron chi connectivity index (χ1n) is 26.0. The molecular formula is C60H56N3OPt-. The molecule has 2 heterocycles. The third kappa shape index (κ3) is 9.15. The van der Waals surface area contributed by atoms with Crippen molar-refractivity contribution in [3.8, 4) is 78.6 Å². The zero-order valence-electron chi connectivity index (χ0n) is 46.3. The van der Waals surface area contributed by atoms with E-state index in [0.717, 1.165) is 50.1 Å². The Balaban J connectivity index is 0.00000729. The summed E-state index contributed by atoms with van der Waals surface area (Å²) in [6, 6.07) is 55.8. The Hall–Kier alpha value is -6.35. The monoisotopic (exact) mass is 1040 g/mol. The van der Waals surface area contributed by atoms with Gasteiger partial charge in [-0.1, -0.05) is 200 Å². The maximum Gasteiger partial charge on any atom is 0.148 e. The second kappa shape index (κ2) is 17.6. The van der Waals surface area contributed by atoms with Gasteiger partial charge < -0.3 is 5.11 Å². The van der Waals surface area contributed by atoms with Crippen molar-refractivity contribution < 1.29 is 38.5 Å². The summed E-state index contributed by atoms with van der Waals surface area (Å²) in [5.74, 6) is 0.656. The third-order valence-corrected chi connectivity index (χ3v) is 12.0. The molecule has 0 bridgehead atoms. The number of para-hydroxylation sites is 2. The van der Waals surface area contributed by atoms with Crippen LogP contribution in [0.4, 0.5) is 0 Å². The minimum atomic E-state index is -3.38. The van der Waals surface area contributed by atoms with E-state index in [-0.39, 0.29) is 43.2 Å². The minimum Gasteiger partial charge on any atom is -0.507 e. The molecule has 0 spiro atoms. The number of imidazole rings is 1. The quantitative estimate of drug-likeness (QED) is 0.162. The van der Waals surface area contributed by atoms with Crippen molar-refractivity contribution in [1.82, 2.24) is 14.5 Å². The number of aromatic nitrogens is 3. The van der Waals surface area contributed by atoms with Crippen molar-refractivity contribution in [2.45, 2.75) is 78.3 Å². The first-order chi connectivity index (χ1) is 34.3. The van der Waals surface area contributed by atoms with Gasteiger partial charge in [-0.25, -0.2) is 4.98 Å². The average molecular weight is 1040 g/mol. The van der Waals surface area contributed by atoms with Crippen LogP contribution in [-0.2, 0) is 37.3 Å². The van der Waals surface area contributed by atoms with Crippen LogP contribution in [0.2, 0.25) is 0 Å². The van der Waals surface area contributed by atoms with Gasteiger partial charge in [-0.3, -0.25) is 9.55 Å². The molecule has 4 nitrogen and oxygen atoms in total. The normalized spacial score (nSPS) is 14.6. The molecule has 0 aliphatic rings. The molecule has 5 heteroatoms. The largest absolute Gasteiger partial charge is 0.507 e. The molecule has 65 heavy (non-hydrogen) atoms. The molecular weight excluding hydrogens is 974 g/mol. The van der Waals surface area contributed by atoms with E-state index in [4.69, 9.17) is 22.3 Å². The first kappa shape index (κ1) is 35.0. The van der Waals surface area contributed by atoms with Crippen molar-refractivity contribution >= 4 is 11.0 Å². The van der Waals surface area contributed by atoms with Crippen molar-refractivity contribution in [3.63, 3.8) is 0 Å². The van der Waals surface area contributed by atoms with Crippen molar-refractivity contribution in [3.05, 3.63) is 193 Å². The van der Waals surface area contributed by atoms with E-state index in [1.807, 2.05) is 66.7 Å². The van der Waals surface area contributed by atoms with Gasteiger partial charge in [0.05, 0.1) is 22.3 Å². The predicted octanol–water partition coefficient (Wildman–Crippen LogP) is 15.8. The molecule has 2 aromatic heterocycles. The van der Waals surface area contributed by atoms with Gasteiger partial charge in [0.2, 0.25) is 0 Å². The number of aromatic hydroxyl groups is 1. The fraction of sp³-hybridized carbons (Fsp3) is 0.200. The van der Waals surface area contributed by atoms with E-state index < -0.39 is 26.0 Å². The minimum absolute atomic E-state index is 0. The number of fused-ring (bicyclic) bond motifs is 1. The fourth-order valence-corrected chi connectivity index (χ4v) is 8.30. The number of phenols is 1. The predicted molar refractivity (Wildman–Crippen MR) is 268 cm³/mol. The molecule has 0 fully saturated rings. The molecule has 0 radical (unpaired) electrons. The Morgan fingerprint density at radius 3 is 1.78 bits per heavy atom. The molecule has 7 aromatic carbocycles. The van der Waals surface area contributed by atoms with E-state index in [1.165, 1.54) is 17.7 Å². The molecule has 0 saturated heterocycles. The summed E-state index contributed by atoms with van der Waals surface area (Å²) in [6.45, 7) is 3.08. The first-order valence-corrected chi connectivity index (χ1v) is 21.5. The Bertz CT molecular complexity index is 3460. The summed E-state index contributed by atoms with van der Waals surface area (Å²) in [4.78, 5) is 10.3. The zero-order valence-corrected chi connectivity index (χ0v) is 39.5. The summed E-state index contributed by atoms with van der Waals surface area (Å²) >= 11 is 0. The molecule has 0 atom stereocenters. The van der Waals surface area contributed by atoms with Gasteiger partial charge in [0.25, 0.3) is 0 Å². The Morgan fingerprint density at radius 1 is 0.508 bits per heavy atom. The van der Waals surface area contributed by atoms with Crippen LogP contribution in [-0.4, -0.2) is 19.6 Å². The van der Waals surface area contributed by atoms with Crippen LogP contribution in [0.3, 0.4) is 0 Å². The standard InChI is InChI=1S/C60H56N3O.Pt/c1-58(2,3)46-26-22-40(23-27-46)42-32-33-61-52(37-42)45-35-43(39-16-11-10-12-17-39)34-44(36-45)50-19-15-20-53-56(50)62-57(51-18-13-14-21-55(51)64)63(53)54-38-48(60(7,8)9)30-31-49(54)41-24-28-47(29-25-41)59(4,5)6;/h10-35,37-38,64H,1-9H3;/q-1;/i1D3,2D3,3D3;. The molecule has 0 saturated carbocycles. The fourth-order valence-electron chi connectivity index (χ4n) is 8.30. The maximum atomic E-state index is 11.6. The van der Waals surface area contributed by atoms with Gasteiger partial charge in [-0.05, 0) is 85.5 Å². The van der Waals surface area contributed by atoms with Gasteiger partial charge >= 0.3 is 0 Å². The van der Waals surface area contributed by atoms with Crippen molar-refractivity contribution in [2.24, 2.45) is 0 Å². The summed E-state index contributed by atoms with van der Waals surface area (Å²) in [5.41, 5.74) is 9.61. The summed E-state index contributed by atoms with van der Waals surface area (Å²) in [5, 5.41) is 11.6. The second-order valence-corrected chi connectivity index (χ2v) is 18.6. The number of hydrogen-bond acceptors (Lipinski definition) is 3. The van der Waals surface area contributed by atoms with Crippen LogP contribution in [0.1, 0.15) is 91.1 Å². The van der Waals surface area contributed by atoms with Crippen LogP contribution in [0.5, 0.6) is 5.75 Å². The summed E-state index contributed by atoms with van der Waals surface area (Å²) < 4.78 is 76.0. The topological polar surface area (TPSA) is 50.9 Å². The molecule has 0 amide bonds. The van der Waals surface area contributed by atoms with Crippen LogP contribution in [0, 0.1) is 6.07 Å². The smallest absolute Gasteiger partial charge is 0.148 e. The van der Waals surface area contributed by atoms with Crippen LogP contribution >= 0.6 is 0 Å². The number of phenolic OH excluding ortho intramolecular Hbond substituents is 1. The zero-order chi connectivity index (χ0) is 52.5. The Morgan fingerprint density at radius 2 is 1.11 bits per heavy atom. The number of rotatable bonds is 7. The van der Waals surface area contributed by atoms with Gasteiger partial charge in [0, 0.05) is 50.9 Å². The molecule has 0 aliphatic heterocycles. The van der Waals surface area contributed by atoms with Crippen LogP contribution in [0.25, 0.3) is 83.9 Å². The van der Waals surface area contributed by atoms with E-state index in [2.05, 4.69) is 107 Å². The van der Waals surface area contributed by atoms with E-state index in [1.54, 1.807) is 36.5 Å². The number of pyridine rings is 1. The van der Waals surface area contributed by atoms with E-state index in [9.17, 15) is 5.11 Å². The molecule has 328 valence electrons. The average Bonchev–Trinajstić information content (AvgIpc) is 3.72. The molecule has 0 aliphatic carbocycles. The Kier molecular flexibility index (Phi) is 9.45. The van der Waals surface area contributed by atoms with Gasteiger partial charge in [0.15, 0.2) is 0 Å². The van der Waals surface area contributed by atoms with Gasteiger partial charge in [-0.2, -0.15) is 0 Å². The Labute approximate surface area is 412 Å². The SMILES string of the molecule is [2H]C([2H])([2H])C(c1ccc(-c2ccnc(-c3[c-]c(-c4cccc5c4nc(-c4ccccc4O)n5-c4cc(C(C)(C)C)ccc4-c4ccc(C(C)(C)C)cc4)cc(-c4ccccc4)c3)c2)cc1)(C([2H])([2H])[2H])C([2H])([2H])[2H].[Pt]. The summed E-state index contributed by atoms with van der Waals surface area (Å²) in [7, 11) is 0. The number of hydrogen-bond donors (Lipinski definition) is 1. The van der Waals surface area contributed by atoms with Crippen LogP contribution in [0.15, 0.2) is 170 Å². The molecule has 9 rings (SSSR count). The molecule has 0 unspecified atom stereocenters.